The van der Waals surface area contributed by atoms with Gasteiger partial charge in [0.2, 0.25) is 0 Å². The smallest absolute Gasteiger partial charge is 0.270 e. The van der Waals surface area contributed by atoms with E-state index in [1.54, 1.807) is 6.07 Å². The van der Waals surface area contributed by atoms with Crippen LogP contribution >= 0.6 is 0 Å². The first-order valence-corrected chi connectivity index (χ1v) is 9.11. The van der Waals surface area contributed by atoms with Crippen LogP contribution < -0.4 is 5.32 Å². The standard InChI is InChI=1S/C22H16F2N4O2/c1-13(29)18-10-20(22(30)25-12-14-7-8-16(23)17(24)9-14)28-21(26-18)11-19(27-28)15-5-3-2-4-6-15/h2-11H,12H2,1H3,(H,25,30). The van der Waals surface area contributed by atoms with Gasteiger partial charge in [-0.1, -0.05) is 36.4 Å². The van der Waals surface area contributed by atoms with E-state index in [2.05, 4.69) is 15.4 Å². The minimum Gasteiger partial charge on any atom is -0.347 e. The molecule has 4 rings (SSSR count). The van der Waals surface area contributed by atoms with Crippen LogP contribution in [0.1, 0.15) is 33.5 Å². The summed E-state index contributed by atoms with van der Waals surface area (Å²) >= 11 is 0. The number of nitrogens with zero attached hydrogens (tertiary/aromatic N) is 3. The fourth-order valence-corrected chi connectivity index (χ4v) is 2.99. The Morgan fingerprint density at radius 3 is 2.47 bits per heavy atom. The summed E-state index contributed by atoms with van der Waals surface area (Å²) in [7, 11) is 0. The fraction of sp³-hybridized carbons (Fsp3) is 0.0909. The SMILES string of the molecule is CC(=O)c1cc(C(=O)NCc2ccc(F)c(F)c2)n2nc(-c3ccccc3)cc2n1. The van der Waals surface area contributed by atoms with Gasteiger partial charge in [0.1, 0.15) is 11.4 Å². The summed E-state index contributed by atoms with van der Waals surface area (Å²) in [6.07, 6.45) is 0. The third kappa shape index (κ3) is 3.80. The van der Waals surface area contributed by atoms with Gasteiger partial charge in [-0.15, -0.1) is 0 Å². The van der Waals surface area contributed by atoms with E-state index in [0.717, 1.165) is 17.7 Å². The number of Topliss-reactive ketones (excluding diaryl/α,β-unsaturated/α-hetero) is 1. The number of rotatable bonds is 5. The molecule has 0 saturated carbocycles. The molecular formula is C22H16F2N4O2. The van der Waals surface area contributed by atoms with Crippen LogP contribution in [0.2, 0.25) is 0 Å². The van der Waals surface area contributed by atoms with E-state index in [-0.39, 0.29) is 23.7 Å². The van der Waals surface area contributed by atoms with Crippen molar-refractivity contribution in [2.45, 2.75) is 13.5 Å². The zero-order valence-corrected chi connectivity index (χ0v) is 15.9. The highest BCUT2D eigenvalue weighted by Gasteiger charge is 2.18. The highest BCUT2D eigenvalue weighted by molar-refractivity contribution is 5.98. The first kappa shape index (κ1) is 19.4. The molecule has 0 unspecified atom stereocenters. The Morgan fingerprint density at radius 2 is 1.77 bits per heavy atom. The van der Waals surface area contributed by atoms with Crippen molar-refractivity contribution in [3.63, 3.8) is 0 Å². The highest BCUT2D eigenvalue weighted by atomic mass is 19.2. The molecule has 2 aromatic heterocycles. The largest absolute Gasteiger partial charge is 0.347 e. The molecule has 4 aromatic rings. The quantitative estimate of drug-likeness (QED) is 0.512. The molecule has 0 aliphatic rings. The Balaban J connectivity index is 1.70. The number of hydrogen-bond acceptors (Lipinski definition) is 4. The minimum atomic E-state index is -0.994. The molecule has 6 nitrogen and oxygen atoms in total. The molecule has 0 aliphatic carbocycles. The number of carbonyl (C=O) groups excluding carboxylic acids is 2. The van der Waals surface area contributed by atoms with Gasteiger partial charge in [-0.3, -0.25) is 9.59 Å². The van der Waals surface area contributed by atoms with Gasteiger partial charge in [0, 0.05) is 25.1 Å². The predicted molar refractivity (Wildman–Crippen MR) is 106 cm³/mol. The Hall–Kier alpha value is -3.94. The zero-order chi connectivity index (χ0) is 21.3. The molecule has 8 heteroatoms. The number of hydrogen-bond donors (Lipinski definition) is 1. The Labute approximate surface area is 170 Å². The summed E-state index contributed by atoms with van der Waals surface area (Å²) in [5.74, 6) is -2.78. The van der Waals surface area contributed by atoms with E-state index in [1.807, 2.05) is 30.3 Å². The average Bonchev–Trinajstić information content (AvgIpc) is 3.18. The molecule has 0 radical (unpaired) electrons. The molecule has 30 heavy (non-hydrogen) atoms. The van der Waals surface area contributed by atoms with Gasteiger partial charge in [-0.25, -0.2) is 18.3 Å². The summed E-state index contributed by atoms with van der Waals surface area (Å²) in [5, 5.41) is 7.10. The Morgan fingerprint density at radius 1 is 1.00 bits per heavy atom. The number of nitrogens with one attached hydrogen (secondary N) is 1. The summed E-state index contributed by atoms with van der Waals surface area (Å²) in [5.41, 5.74) is 2.40. The van der Waals surface area contributed by atoms with Crippen molar-refractivity contribution >= 4 is 17.3 Å². The molecule has 150 valence electrons. The van der Waals surface area contributed by atoms with Gasteiger partial charge in [0.05, 0.1) is 5.69 Å². The maximum atomic E-state index is 13.4. The van der Waals surface area contributed by atoms with E-state index in [1.165, 1.54) is 23.6 Å². The van der Waals surface area contributed by atoms with E-state index >= 15 is 0 Å². The molecule has 1 amide bonds. The second-order valence-electron chi connectivity index (χ2n) is 6.68. The van der Waals surface area contributed by atoms with Crippen LogP contribution in [0.3, 0.4) is 0 Å². The lowest BCUT2D eigenvalue weighted by atomic mass is 10.2. The van der Waals surface area contributed by atoms with Crippen LogP contribution in [0.15, 0.2) is 60.7 Å². The van der Waals surface area contributed by atoms with E-state index in [0.29, 0.717) is 16.9 Å². The van der Waals surface area contributed by atoms with Crippen molar-refractivity contribution < 1.29 is 18.4 Å². The van der Waals surface area contributed by atoms with Crippen molar-refractivity contribution in [3.8, 4) is 11.3 Å². The number of amides is 1. The second kappa shape index (κ2) is 7.82. The zero-order valence-electron chi connectivity index (χ0n) is 15.9. The number of fused-ring (bicyclic) bond motifs is 1. The van der Waals surface area contributed by atoms with Gasteiger partial charge in [-0.05, 0) is 23.8 Å². The van der Waals surface area contributed by atoms with Gasteiger partial charge in [-0.2, -0.15) is 5.10 Å². The number of carbonyl (C=O) groups is 2. The molecule has 2 aromatic carbocycles. The normalized spacial score (nSPS) is 10.9. The van der Waals surface area contributed by atoms with Crippen LogP contribution in [0.25, 0.3) is 16.9 Å². The molecule has 1 N–H and O–H groups in total. The van der Waals surface area contributed by atoms with Gasteiger partial charge >= 0.3 is 0 Å². The van der Waals surface area contributed by atoms with Gasteiger partial charge in [0.15, 0.2) is 23.1 Å². The fourth-order valence-electron chi connectivity index (χ4n) is 2.99. The molecule has 0 bridgehead atoms. The average molecular weight is 406 g/mol. The third-order valence-electron chi connectivity index (χ3n) is 4.53. The van der Waals surface area contributed by atoms with Crippen LogP contribution in [-0.4, -0.2) is 26.3 Å². The molecule has 2 heterocycles. The van der Waals surface area contributed by atoms with E-state index in [9.17, 15) is 18.4 Å². The summed E-state index contributed by atoms with van der Waals surface area (Å²) in [6.45, 7) is 1.33. The molecular weight excluding hydrogens is 390 g/mol. The number of aromatic nitrogens is 3. The van der Waals surface area contributed by atoms with Crippen molar-refractivity contribution in [2.24, 2.45) is 0 Å². The monoisotopic (exact) mass is 406 g/mol. The topological polar surface area (TPSA) is 76.4 Å². The molecule has 0 spiro atoms. The molecule has 0 aliphatic heterocycles. The van der Waals surface area contributed by atoms with Crippen molar-refractivity contribution in [1.82, 2.24) is 19.9 Å². The van der Waals surface area contributed by atoms with Crippen molar-refractivity contribution in [2.75, 3.05) is 0 Å². The van der Waals surface area contributed by atoms with Gasteiger partial charge in [0.25, 0.3) is 5.91 Å². The lowest BCUT2D eigenvalue weighted by Crippen LogP contribution is -2.26. The van der Waals surface area contributed by atoms with Crippen molar-refractivity contribution in [1.29, 1.82) is 0 Å². The molecule has 0 fully saturated rings. The van der Waals surface area contributed by atoms with Crippen LogP contribution in [0.5, 0.6) is 0 Å². The number of halogens is 2. The van der Waals surface area contributed by atoms with Gasteiger partial charge < -0.3 is 5.32 Å². The Bertz CT molecular complexity index is 1270. The maximum Gasteiger partial charge on any atom is 0.270 e. The summed E-state index contributed by atoms with van der Waals surface area (Å²) in [6, 6.07) is 15.8. The lowest BCUT2D eigenvalue weighted by Gasteiger charge is -2.08. The van der Waals surface area contributed by atoms with Crippen molar-refractivity contribution in [3.05, 3.63) is 89.2 Å². The van der Waals surface area contributed by atoms with Crippen LogP contribution in [0, 0.1) is 11.6 Å². The summed E-state index contributed by atoms with van der Waals surface area (Å²) < 4.78 is 27.8. The molecule has 0 saturated heterocycles. The number of ketones is 1. The molecule has 0 atom stereocenters. The predicted octanol–water partition coefficient (Wildman–Crippen LogP) is 3.81. The second-order valence-corrected chi connectivity index (χ2v) is 6.68. The first-order valence-electron chi connectivity index (χ1n) is 9.11. The van der Waals surface area contributed by atoms with E-state index in [4.69, 9.17) is 0 Å². The highest BCUT2D eigenvalue weighted by Crippen LogP contribution is 2.20. The first-order chi connectivity index (χ1) is 14.4. The maximum absolute atomic E-state index is 13.4. The number of benzene rings is 2. The summed E-state index contributed by atoms with van der Waals surface area (Å²) in [4.78, 5) is 29.0. The minimum absolute atomic E-state index is 0.0257. The third-order valence-corrected chi connectivity index (χ3v) is 4.53. The van der Waals surface area contributed by atoms with Crippen LogP contribution in [-0.2, 0) is 6.54 Å². The Kier molecular flexibility index (Phi) is 5.05. The van der Waals surface area contributed by atoms with Crippen LogP contribution in [0.4, 0.5) is 8.78 Å². The lowest BCUT2D eigenvalue weighted by molar-refractivity contribution is 0.0943. The van der Waals surface area contributed by atoms with E-state index < -0.39 is 17.5 Å².